The number of benzene rings is 1. The molecule has 0 saturated heterocycles. The maximum atomic E-state index is 5.56. The molecular formula is C15H23IO. The van der Waals surface area contributed by atoms with Crippen molar-refractivity contribution in [2.24, 2.45) is 0 Å². The van der Waals surface area contributed by atoms with Crippen LogP contribution in [0.15, 0.2) is 12.1 Å². The van der Waals surface area contributed by atoms with E-state index in [2.05, 4.69) is 62.4 Å². The van der Waals surface area contributed by atoms with Crippen LogP contribution >= 0.6 is 22.6 Å². The summed E-state index contributed by atoms with van der Waals surface area (Å²) in [5, 5.41) is 0. The van der Waals surface area contributed by atoms with Gasteiger partial charge in [0, 0.05) is 5.56 Å². The number of aryl methyl sites for hydroxylation is 2. The van der Waals surface area contributed by atoms with Gasteiger partial charge in [-0.3, -0.25) is 0 Å². The largest absolute Gasteiger partial charge is 0.496 e. The van der Waals surface area contributed by atoms with Crippen LogP contribution in [-0.2, 0) is 11.8 Å². The minimum atomic E-state index is 0.135. The van der Waals surface area contributed by atoms with Gasteiger partial charge in [0.1, 0.15) is 5.75 Å². The molecule has 0 spiro atoms. The van der Waals surface area contributed by atoms with Crippen LogP contribution in [-0.4, -0.2) is 11.5 Å². The molecule has 1 rings (SSSR count). The monoisotopic (exact) mass is 346 g/mol. The first-order valence-corrected chi connectivity index (χ1v) is 7.66. The second-order valence-electron chi connectivity index (χ2n) is 5.54. The molecule has 0 unspecified atom stereocenters. The molecule has 0 aliphatic carbocycles. The summed E-state index contributed by atoms with van der Waals surface area (Å²) in [6.07, 6.45) is 2.41. The van der Waals surface area contributed by atoms with Gasteiger partial charge in [-0.15, -0.1) is 0 Å². The van der Waals surface area contributed by atoms with Gasteiger partial charge in [0.05, 0.1) is 7.11 Å². The molecule has 0 aliphatic rings. The van der Waals surface area contributed by atoms with E-state index in [1.807, 2.05) is 0 Å². The van der Waals surface area contributed by atoms with E-state index in [1.165, 1.54) is 27.5 Å². The smallest absolute Gasteiger partial charge is 0.125 e. The summed E-state index contributed by atoms with van der Waals surface area (Å²) >= 11 is 2.44. The van der Waals surface area contributed by atoms with Gasteiger partial charge >= 0.3 is 0 Å². The number of methoxy groups -OCH3 is 1. The third-order valence-electron chi connectivity index (χ3n) is 2.95. The Hall–Kier alpha value is -0.250. The molecule has 2 heteroatoms. The van der Waals surface area contributed by atoms with Crippen molar-refractivity contribution in [3.05, 3.63) is 28.8 Å². The molecule has 17 heavy (non-hydrogen) atoms. The second kappa shape index (κ2) is 6.07. The highest BCUT2D eigenvalue weighted by atomic mass is 127. The van der Waals surface area contributed by atoms with Gasteiger partial charge in [-0.1, -0.05) is 55.5 Å². The Morgan fingerprint density at radius 1 is 1.24 bits per heavy atom. The highest BCUT2D eigenvalue weighted by molar-refractivity contribution is 14.1. The molecule has 0 atom stereocenters. The van der Waals surface area contributed by atoms with Crippen LogP contribution in [0.3, 0.4) is 0 Å². The minimum Gasteiger partial charge on any atom is -0.496 e. The molecule has 1 aromatic rings. The summed E-state index contributed by atoms with van der Waals surface area (Å²) < 4.78 is 6.78. The molecule has 96 valence electrons. The zero-order chi connectivity index (χ0) is 13.1. The second-order valence-corrected chi connectivity index (χ2v) is 6.61. The Bertz CT molecular complexity index is 377. The lowest BCUT2D eigenvalue weighted by atomic mass is 9.83. The van der Waals surface area contributed by atoms with Crippen molar-refractivity contribution in [3.8, 4) is 5.75 Å². The van der Waals surface area contributed by atoms with Gasteiger partial charge in [-0.25, -0.2) is 0 Å². The van der Waals surface area contributed by atoms with Crippen LogP contribution in [0.5, 0.6) is 5.75 Å². The fourth-order valence-corrected chi connectivity index (χ4v) is 2.47. The van der Waals surface area contributed by atoms with Crippen LogP contribution in [0, 0.1) is 6.92 Å². The first-order chi connectivity index (χ1) is 7.90. The highest BCUT2D eigenvalue weighted by Crippen LogP contribution is 2.35. The SMILES string of the molecule is COc1c(C)cc(CCCI)cc1C(C)(C)C. The summed E-state index contributed by atoms with van der Waals surface area (Å²) in [4.78, 5) is 0. The zero-order valence-corrected chi connectivity index (χ0v) is 13.7. The Morgan fingerprint density at radius 3 is 2.35 bits per heavy atom. The van der Waals surface area contributed by atoms with E-state index in [9.17, 15) is 0 Å². The van der Waals surface area contributed by atoms with Crippen molar-refractivity contribution < 1.29 is 4.74 Å². The first kappa shape index (κ1) is 14.8. The number of hydrogen-bond acceptors (Lipinski definition) is 1. The normalized spacial score (nSPS) is 11.6. The van der Waals surface area contributed by atoms with Crippen molar-refractivity contribution in [1.29, 1.82) is 0 Å². The molecule has 0 saturated carbocycles. The molecule has 0 radical (unpaired) electrons. The number of rotatable bonds is 4. The van der Waals surface area contributed by atoms with Crippen molar-refractivity contribution in [1.82, 2.24) is 0 Å². The minimum absolute atomic E-state index is 0.135. The van der Waals surface area contributed by atoms with E-state index >= 15 is 0 Å². The predicted octanol–water partition coefficient (Wildman–Crippen LogP) is 4.67. The van der Waals surface area contributed by atoms with Gasteiger partial charge in [-0.05, 0) is 40.7 Å². The Balaban J connectivity index is 3.19. The lowest BCUT2D eigenvalue weighted by Gasteiger charge is -2.24. The third kappa shape index (κ3) is 3.87. The standard InChI is InChI=1S/C15H23IO/c1-11-9-12(7-6-8-16)10-13(14(11)17-5)15(2,3)4/h9-10H,6-8H2,1-5H3. The number of halogens is 1. The van der Waals surface area contributed by atoms with E-state index < -0.39 is 0 Å². The van der Waals surface area contributed by atoms with Gasteiger partial charge in [0.15, 0.2) is 0 Å². The number of ether oxygens (including phenoxy) is 1. The molecule has 0 aromatic heterocycles. The Labute approximate surface area is 119 Å². The van der Waals surface area contributed by atoms with Crippen molar-refractivity contribution >= 4 is 22.6 Å². The average molecular weight is 346 g/mol. The lowest BCUT2D eigenvalue weighted by Crippen LogP contribution is -2.14. The highest BCUT2D eigenvalue weighted by Gasteiger charge is 2.20. The topological polar surface area (TPSA) is 9.23 Å². The summed E-state index contributed by atoms with van der Waals surface area (Å²) in [6, 6.07) is 4.58. The van der Waals surface area contributed by atoms with Gasteiger partial charge in [0.25, 0.3) is 0 Å². The van der Waals surface area contributed by atoms with Gasteiger partial charge in [0.2, 0.25) is 0 Å². The van der Waals surface area contributed by atoms with Crippen LogP contribution in [0.2, 0.25) is 0 Å². The lowest BCUT2D eigenvalue weighted by molar-refractivity contribution is 0.394. The van der Waals surface area contributed by atoms with E-state index in [0.29, 0.717) is 0 Å². The van der Waals surface area contributed by atoms with E-state index in [-0.39, 0.29) is 5.41 Å². The van der Waals surface area contributed by atoms with Gasteiger partial charge < -0.3 is 4.74 Å². The molecule has 0 heterocycles. The quantitative estimate of drug-likeness (QED) is 0.569. The Morgan fingerprint density at radius 2 is 1.88 bits per heavy atom. The number of alkyl halides is 1. The van der Waals surface area contributed by atoms with Crippen molar-refractivity contribution in [2.45, 2.75) is 46.0 Å². The predicted molar refractivity (Wildman–Crippen MR) is 83.6 cm³/mol. The van der Waals surface area contributed by atoms with E-state index in [0.717, 1.165) is 12.2 Å². The summed E-state index contributed by atoms with van der Waals surface area (Å²) in [5.41, 5.74) is 4.15. The molecule has 0 amide bonds. The molecule has 0 fully saturated rings. The average Bonchev–Trinajstić information content (AvgIpc) is 2.24. The fraction of sp³-hybridized carbons (Fsp3) is 0.600. The van der Waals surface area contributed by atoms with Crippen molar-refractivity contribution in [3.63, 3.8) is 0 Å². The maximum absolute atomic E-state index is 5.56. The molecule has 1 aromatic carbocycles. The van der Waals surface area contributed by atoms with Crippen molar-refractivity contribution in [2.75, 3.05) is 11.5 Å². The zero-order valence-electron chi connectivity index (χ0n) is 11.6. The van der Waals surface area contributed by atoms with Crippen LogP contribution < -0.4 is 4.74 Å². The van der Waals surface area contributed by atoms with E-state index in [4.69, 9.17) is 4.74 Å². The summed E-state index contributed by atoms with van der Waals surface area (Å²) in [5.74, 6) is 1.05. The molecule has 0 bridgehead atoms. The van der Waals surface area contributed by atoms with Crippen LogP contribution in [0.1, 0.15) is 43.9 Å². The molecular weight excluding hydrogens is 323 g/mol. The van der Waals surface area contributed by atoms with Crippen LogP contribution in [0.4, 0.5) is 0 Å². The third-order valence-corrected chi connectivity index (χ3v) is 3.71. The fourth-order valence-electron chi connectivity index (χ4n) is 2.09. The molecule has 1 nitrogen and oxygen atoms in total. The molecule has 0 N–H and O–H groups in total. The number of hydrogen-bond donors (Lipinski definition) is 0. The van der Waals surface area contributed by atoms with Gasteiger partial charge in [-0.2, -0.15) is 0 Å². The maximum Gasteiger partial charge on any atom is 0.125 e. The first-order valence-electron chi connectivity index (χ1n) is 6.14. The van der Waals surface area contributed by atoms with E-state index in [1.54, 1.807) is 7.11 Å². The summed E-state index contributed by atoms with van der Waals surface area (Å²) in [7, 11) is 1.77. The Kier molecular flexibility index (Phi) is 5.29. The van der Waals surface area contributed by atoms with Crippen LogP contribution in [0.25, 0.3) is 0 Å². The molecule has 0 aliphatic heterocycles. The summed E-state index contributed by atoms with van der Waals surface area (Å²) in [6.45, 7) is 8.87.